The number of imide groups is 1. The molecule has 0 spiro atoms. The molecule has 4 N–H and O–H groups in total. The second-order valence-corrected chi connectivity index (χ2v) is 3.83. The summed E-state index contributed by atoms with van der Waals surface area (Å²) in [5, 5.41) is 4.70. The van der Waals surface area contributed by atoms with Gasteiger partial charge in [-0.15, -0.1) is 6.58 Å². The summed E-state index contributed by atoms with van der Waals surface area (Å²) in [5.41, 5.74) is 5.70. The molecule has 6 heteroatoms. The highest BCUT2D eigenvalue weighted by atomic mass is 16.2. The predicted molar refractivity (Wildman–Crippen MR) is 60.8 cm³/mol. The largest absolute Gasteiger partial charge is 0.334 e. The van der Waals surface area contributed by atoms with Crippen molar-refractivity contribution in [2.75, 3.05) is 26.2 Å². The van der Waals surface area contributed by atoms with E-state index in [2.05, 4.69) is 17.2 Å². The summed E-state index contributed by atoms with van der Waals surface area (Å²) >= 11 is 0. The monoisotopic (exact) mass is 226 g/mol. The maximum atomic E-state index is 11.4. The van der Waals surface area contributed by atoms with E-state index in [1.165, 1.54) is 0 Å². The third-order valence-electron chi connectivity index (χ3n) is 2.34. The summed E-state index contributed by atoms with van der Waals surface area (Å²) in [4.78, 5) is 24.4. The highest BCUT2D eigenvalue weighted by Gasteiger charge is 2.21. The van der Waals surface area contributed by atoms with E-state index in [0.717, 1.165) is 13.0 Å². The van der Waals surface area contributed by atoms with Gasteiger partial charge in [0.25, 0.3) is 0 Å². The van der Waals surface area contributed by atoms with Crippen molar-refractivity contribution in [3.05, 3.63) is 12.7 Å². The van der Waals surface area contributed by atoms with Crippen molar-refractivity contribution in [3.8, 4) is 0 Å². The average Bonchev–Trinajstić information content (AvgIpc) is 2.60. The Hall–Kier alpha value is -1.40. The van der Waals surface area contributed by atoms with Crippen LogP contribution in [0.3, 0.4) is 0 Å². The van der Waals surface area contributed by atoms with Crippen molar-refractivity contribution in [1.82, 2.24) is 15.5 Å². The fourth-order valence-electron chi connectivity index (χ4n) is 1.58. The number of nitrogens with two attached hydrogens (primary N) is 1. The maximum absolute atomic E-state index is 11.4. The van der Waals surface area contributed by atoms with Gasteiger partial charge in [0, 0.05) is 25.7 Å². The van der Waals surface area contributed by atoms with E-state index in [9.17, 15) is 9.59 Å². The second kappa shape index (κ2) is 6.24. The molecule has 0 aromatic carbocycles. The summed E-state index contributed by atoms with van der Waals surface area (Å²) in [5.74, 6) is -0.310. The number of urea groups is 1. The number of carbonyl (C=O) groups is 2. The van der Waals surface area contributed by atoms with Gasteiger partial charge in [-0.1, -0.05) is 6.08 Å². The first kappa shape index (κ1) is 12.7. The molecule has 1 saturated heterocycles. The van der Waals surface area contributed by atoms with Gasteiger partial charge in [-0.3, -0.25) is 15.0 Å². The van der Waals surface area contributed by atoms with Gasteiger partial charge < -0.3 is 11.1 Å². The molecule has 0 radical (unpaired) electrons. The minimum atomic E-state index is -0.492. The van der Waals surface area contributed by atoms with E-state index in [4.69, 9.17) is 5.73 Å². The minimum absolute atomic E-state index is 0.141. The Labute approximate surface area is 94.9 Å². The number of hydrogen-bond acceptors (Lipinski definition) is 4. The molecule has 0 aliphatic carbocycles. The molecule has 0 saturated carbocycles. The van der Waals surface area contributed by atoms with Crippen LogP contribution in [-0.4, -0.2) is 49.1 Å². The maximum Gasteiger partial charge on any atom is 0.321 e. The van der Waals surface area contributed by atoms with Gasteiger partial charge in [0.05, 0.1) is 6.54 Å². The molecular weight excluding hydrogens is 208 g/mol. The first-order valence-electron chi connectivity index (χ1n) is 5.28. The van der Waals surface area contributed by atoms with Crippen LogP contribution in [-0.2, 0) is 4.79 Å². The number of nitrogens with one attached hydrogen (secondary N) is 2. The molecule has 6 nitrogen and oxygen atoms in total. The fraction of sp³-hybridized carbons (Fsp3) is 0.600. The molecule has 1 aliphatic rings. The normalized spacial score (nSPS) is 20.4. The van der Waals surface area contributed by atoms with Gasteiger partial charge >= 0.3 is 6.03 Å². The summed E-state index contributed by atoms with van der Waals surface area (Å²) in [6.45, 7) is 5.53. The van der Waals surface area contributed by atoms with E-state index in [1.807, 2.05) is 4.90 Å². The zero-order valence-corrected chi connectivity index (χ0v) is 9.24. The smallest absolute Gasteiger partial charge is 0.321 e. The van der Waals surface area contributed by atoms with Gasteiger partial charge in [-0.05, 0) is 6.42 Å². The lowest BCUT2D eigenvalue weighted by Gasteiger charge is -2.14. The first-order chi connectivity index (χ1) is 7.61. The molecule has 1 aliphatic heterocycles. The molecule has 1 rings (SSSR count). The number of amides is 3. The van der Waals surface area contributed by atoms with Crippen LogP contribution < -0.4 is 16.4 Å². The summed E-state index contributed by atoms with van der Waals surface area (Å²) < 4.78 is 0. The van der Waals surface area contributed by atoms with E-state index in [1.54, 1.807) is 6.08 Å². The molecule has 0 aromatic heterocycles. The van der Waals surface area contributed by atoms with Crippen LogP contribution in [0, 0.1) is 0 Å². The number of rotatable bonds is 4. The van der Waals surface area contributed by atoms with E-state index < -0.39 is 6.03 Å². The second-order valence-electron chi connectivity index (χ2n) is 3.83. The van der Waals surface area contributed by atoms with Crippen molar-refractivity contribution >= 4 is 11.9 Å². The third kappa shape index (κ3) is 4.41. The van der Waals surface area contributed by atoms with Gasteiger partial charge in [-0.25, -0.2) is 4.79 Å². The Morgan fingerprint density at radius 2 is 2.31 bits per heavy atom. The molecule has 3 amide bonds. The SMILES string of the molecule is C=CCNC(=O)NC(=O)CN1CC[C@@H](N)C1. The summed E-state index contributed by atoms with van der Waals surface area (Å²) in [7, 11) is 0. The molecule has 1 fully saturated rings. The number of hydrogen-bond donors (Lipinski definition) is 3. The van der Waals surface area contributed by atoms with Crippen LogP contribution >= 0.6 is 0 Å². The quantitative estimate of drug-likeness (QED) is 0.538. The molecule has 1 atom stereocenters. The highest BCUT2D eigenvalue weighted by Crippen LogP contribution is 2.05. The molecule has 1 heterocycles. The van der Waals surface area contributed by atoms with Crippen LogP contribution in [0.1, 0.15) is 6.42 Å². The molecule has 16 heavy (non-hydrogen) atoms. The minimum Gasteiger partial charge on any atom is -0.334 e. The van der Waals surface area contributed by atoms with Crippen LogP contribution in [0.15, 0.2) is 12.7 Å². The Bertz CT molecular complexity index is 280. The van der Waals surface area contributed by atoms with Crippen molar-refractivity contribution in [2.45, 2.75) is 12.5 Å². The first-order valence-corrected chi connectivity index (χ1v) is 5.28. The Morgan fingerprint density at radius 3 is 2.88 bits per heavy atom. The summed E-state index contributed by atoms with van der Waals surface area (Å²) in [6, 6.07) is -0.351. The lowest BCUT2D eigenvalue weighted by atomic mass is 10.3. The van der Waals surface area contributed by atoms with Crippen LogP contribution in [0.2, 0.25) is 0 Å². The third-order valence-corrected chi connectivity index (χ3v) is 2.34. The standard InChI is InChI=1S/C10H18N4O2/c1-2-4-12-10(16)13-9(15)7-14-5-3-8(11)6-14/h2,8H,1,3-7,11H2,(H2,12,13,15,16)/t8-/m1/s1. The van der Waals surface area contributed by atoms with Crippen molar-refractivity contribution in [1.29, 1.82) is 0 Å². The number of likely N-dealkylation sites (tertiary alicyclic amines) is 1. The van der Waals surface area contributed by atoms with E-state index in [0.29, 0.717) is 13.1 Å². The lowest BCUT2D eigenvalue weighted by Crippen LogP contribution is -2.44. The molecule has 90 valence electrons. The number of carbonyl (C=O) groups excluding carboxylic acids is 2. The van der Waals surface area contributed by atoms with Crippen LogP contribution in [0.4, 0.5) is 4.79 Å². The van der Waals surface area contributed by atoms with Gasteiger partial charge in [0.2, 0.25) is 5.91 Å². The highest BCUT2D eigenvalue weighted by molar-refractivity contribution is 5.95. The Balaban J connectivity index is 2.20. The van der Waals surface area contributed by atoms with Gasteiger partial charge in [-0.2, -0.15) is 0 Å². The van der Waals surface area contributed by atoms with E-state index >= 15 is 0 Å². The molecular formula is C10H18N4O2. The zero-order valence-electron chi connectivity index (χ0n) is 9.24. The molecule has 0 aromatic rings. The van der Waals surface area contributed by atoms with Crippen LogP contribution in [0.5, 0.6) is 0 Å². The van der Waals surface area contributed by atoms with Crippen molar-refractivity contribution in [2.24, 2.45) is 5.73 Å². The Kier molecular flexibility index (Phi) is 4.94. The Morgan fingerprint density at radius 1 is 1.56 bits per heavy atom. The van der Waals surface area contributed by atoms with Crippen molar-refractivity contribution in [3.63, 3.8) is 0 Å². The predicted octanol–water partition coefficient (Wildman–Crippen LogP) is -0.969. The topological polar surface area (TPSA) is 87.5 Å². The lowest BCUT2D eigenvalue weighted by molar-refractivity contribution is -0.120. The van der Waals surface area contributed by atoms with Crippen LogP contribution in [0.25, 0.3) is 0 Å². The van der Waals surface area contributed by atoms with E-state index in [-0.39, 0.29) is 18.5 Å². The van der Waals surface area contributed by atoms with Gasteiger partial charge in [0.15, 0.2) is 0 Å². The van der Waals surface area contributed by atoms with Gasteiger partial charge in [0.1, 0.15) is 0 Å². The molecule has 0 unspecified atom stereocenters. The zero-order chi connectivity index (χ0) is 12.0. The average molecular weight is 226 g/mol. The fourth-order valence-corrected chi connectivity index (χ4v) is 1.58. The van der Waals surface area contributed by atoms with Crippen molar-refractivity contribution < 1.29 is 9.59 Å². The summed E-state index contributed by atoms with van der Waals surface area (Å²) in [6.07, 6.45) is 2.44. The number of nitrogens with zero attached hydrogens (tertiary/aromatic N) is 1. The molecule has 0 bridgehead atoms.